The van der Waals surface area contributed by atoms with Gasteiger partial charge in [-0.25, -0.2) is 10.9 Å². The van der Waals surface area contributed by atoms with Gasteiger partial charge in [0.05, 0.1) is 6.67 Å². The van der Waals surface area contributed by atoms with Crippen LogP contribution in [0.25, 0.3) is 0 Å². The lowest BCUT2D eigenvalue weighted by Crippen LogP contribution is -1.71. The molecule has 0 radical (unpaired) electrons. The first-order valence-electron chi connectivity index (χ1n) is 2.16. The van der Waals surface area contributed by atoms with Crippen molar-refractivity contribution in [2.24, 2.45) is 0 Å². The van der Waals surface area contributed by atoms with Crippen molar-refractivity contribution in [1.82, 2.24) is 16.2 Å². The van der Waals surface area contributed by atoms with Crippen molar-refractivity contribution in [3.63, 3.8) is 0 Å². The van der Waals surface area contributed by atoms with Gasteiger partial charge in [-0.15, -0.1) is 0 Å². The molecule has 3 heteroatoms. The lowest BCUT2D eigenvalue weighted by Gasteiger charge is -1.24. The second-order valence-corrected chi connectivity index (χ2v) is 1.28. The standard InChI is InChI=1S/C2H5N.CH4N2/c2*1-2-3-1/h3H,1-2H2;2-3H,1H2. The van der Waals surface area contributed by atoms with E-state index in [0.29, 0.717) is 0 Å². The maximum atomic E-state index is 3.00. The van der Waals surface area contributed by atoms with Crippen LogP contribution in [0.3, 0.4) is 0 Å². The van der Waals surface area contributed by atoms with Crippen molar-refractivity contribution in [2.75, 3.05) is 19.8 Å². The van der Waals surface area contributed by atoms with Gasteiger partial charge in [0, 0.05) is 13.1 Å². The molecule has 2 saturated heterocycles. The SMILES string of the molecule is C1CN1.C1NN1. The molecule has 0 amide bonds. The molecule has 0 bridgehead atoms. The number of hydrogen-bond acceptors (Lipinski definition) is 3. The van der Waals surface area contributed by atoms with E-state index < -0.39 is 0 Å². The van der Waals surface area contributed by atoms with Gasteiger partial charge in [-0.05, 0) is 0 Å². The summed E-state index contributed by atoms with van der Waals surface area (Å²) in [6.45, 7) is 3.50. The highest BCUT2D eigenvalue weighted by Gasteiger charge is 1.91. The first-order valence-corrected chi connectivity index (χ1v) is 2.16. The van der Waals surface area contributed by atoms with Gasteiger partial charge >= 0.3 is 0 Å². The molecule has 2 heterocycles. The fourth-order valence-electron chi connectivity index (χ4n) is 0. The Morgan fingerprint density at radius 1 is 1.00 bits per heavy atom. The molecule has 2 aliphatic rings. The third-order valence-electron chi connectivity index (χ3n) is 0.427. The van der Waals surface area contributed by atoms with Crippen LogP contribution >= 0.6 is 0 Å². The molecule has 0 aromatic heterocycles. The van der Waals surface area contributed by atoms with Crippen molar-refractivity contribution in [2.45, 2.75) is 0 Å². The van der Waals surface area contributed by atoms with E-state index in [1.807, 2.05) is 0 Å². The van der Waals surface area contributed by atoms with Gasteiger partial charge in [-0.3, -0.25) is 0 Å². The molecule has 3 N–H and O–H groups in total. The molecule has 2 rings (SSSR count). The molecule has 0 saturated carbocycles. The summed E-state index contributed by atoms with van der Waals surface area (Å²) in [6.07, 6.45) is 0. The fraction of sp³-hybridized carbons (Fsp3) is 1.00. The maximum Gasteiger partial charge on any atom is 0.0721 e. The predicted octanol–water partition coefficient (Wildman–Crippen LogP) is -1.36. The highest BCUT2D eigenvalue weighted by Crippen LogP contribution is 1.65. The van der Waals surface area contributed by atoms with E-state index in [0.717, 1.165) is 6.67 Å². The largest absolute Gasteiger partial charge is 0.314 e. The first-order chi connectivity index (χ1) is 3.00. The smallest absolute Gasteiger partial charge is 0.0721 e. The van der Waals surface area contributed by atoms with Gasteiger partial charge in [-0.1, -0.05) is 0 Å². The number of rotatable bonds is 0. The van der Waals surface area contributed by atoms with E-state index in [1.54, 1.807) is 0 Å². The monoisotopic (exact) mass is 87.1 g/mol. The van der Waals surface area contributed by atoms with Crippen LogP contribution in [0.15, 0.2) is 0 Å². The Hall–Kier alpha value is -0.120. The van der Waals surface area contributed by atoms with Gasteiger partial charge in [0.2, 0.25) is 0 Å². The Labute approximate surface area is 37.1 Å². The van der Waals surface area contributed by atoms with Crippen molar-refractivity contribution >= 4 is 0 Å². The van der Waals surface area contributed by atoms with Crippen LogP contribution in [0, 0.1) is 0 Å². The van der Waals surface area contributed by atoms with Crippen LogP contribution in [0.1, 0.15) is 0 Å². The van der Waals surface area contributed by atoms with E-state index in [-0.39, 0.29) is 0 Å². The second-order valence-electron chi connectivity index (χ2n) is 1.28. The fourth-order valence-corrected chi connectivity index (χ4v) is 0. The van der Waals surface area contributed by atoms with Crippen LogP contribution in [0.2, 0.25) is 0 Å². The number of hydrogen-bond donors (Lipinski definition) is 3. The molecule has 0 aromatic rings. The van der Waals surface area contributed by atoms with Gasteiger partial charge in [0.25, 0.3) is 0 Å². The molecule has 2 aliphatic heterocycles. The molecule has 0 aliphatic carbocycles. The molecule has 0 unspecified atom stereocenters. The zero-order valence-electron chi connectivity index (χ0n) is 3.62. The molecule has 3 nitrogen and oxygen atoms in total. The Balaban J connectivity index is 0.0000000600. The zero-order chi connectivity index (χ0) is 4.24. The predicted molar refractivity (Wildman–Crippen MR) is 24.0 cm³/mol. The summed E-state index contributed by atoms with van der Waals surface area (Å²) >= 11 is 0. The minimum Gasteiger partial charge on any atom is -0.314 e. The molecule has 0 aromatic carbocycles. The van der Waals surface area contributed by atoms with E-state index in [4.69, 9.17) is 0 Å². The quantitative estimate of drug-likeness (QED) is 0.320. The number of hydrazine groups is 1. The van der Waals surface area contributed by atoms with Crippen molar-refractivity contribution < 1.29 is 0 Å². The highest BCUT2D eigenvalue weighted by molar-refractivity contribution is 4.58. The minimum atomic E-state index is 1.00. The molecular formula is C3H9N3. The molecular weight excluding hydrogens is 78.1 g/mol. The third-order valence-corrected chi connectivity index (χ3v) is 0.427. The summed E-state index contributed by atoms with van der Waals surface area (Å²) in [4.78, 5) is 0. The van der Waals surface area contributed by atoms with Gasteiger partial charge in [-0.2, -0.15) is 0 Å². The number of nitrogens with one attached hydrogen (secondary N) is 3. The summed E-state index contributed by atoms with van der Waals surface area (Å²) in [6, 6.07) is 0. The van der Waals surface area contributed by atoms with Crippen molar-refractivity contribution in [3.05, 3.63) is 0 Å². The third kappa shape index (κ3) is 9.11. The van der Waals surface area contributed by atoms with Gasteiger partial charge in [0.1, 0.15) is 0 Å². The highest BCUT2D eigenvalue weighted by atomic mass is 15.6. The van der Waals surface area contributed by atoms with E-state index >= 15 is 0 Å². The lowest BCUT2D eigenvalue weighted by molar-refractivity contribution is 1.17. The zero-order valence-corrected chi connectivity index (χ0v) is 3.62. The summed E-state index contributed by atoms with van der Waals surface area (Å²) in [5.41, 5.74) is 5.50. The first kappa shape index (κ1) is 4.05. The second kappa shape index (κ2) is 2.12. The summed E-state index contributed by atoms with van der Waals surface area (Å²) < 4.78 is 0. The van der Waals surface area contributed by atoms with Crippen molar-refractivity contribution in [1.29, 1.82) is 0 Å². The maximum absolute atomic E-state index is 3.00. The summed E-state index contributed by atoms with van der Waals surface area (Å²) in [5.74, 6) is 0. The van der Waals surface area contributed by atoms with Crippen LogP contribution in [-0.2, 0) is 0 Å². The van der Waals surface area contributed by atoms with Gasteiger partial charge in [0.15, 0.2) is 0 Å². The molecule has 36 valence electrons. The Bertz CT molecular complexity index is 21.5. The van der Waals surface area contributed by atoms with Crippen LogP contribution in [0.5, 0.6) is 0 Å². The molecule has 2 fully saturated rings. The van der Waals surface area contributed by atoms with E-state index in [1.165, 1.54) is 13.1 Å². The van der Waals surface area contributed by atoms with Crippen LogP contribution < -0.4 is 16.2 Å². The molecule has 0 spiro atoms. The minimum absolute atomic E-state index is 1.00. The van der Waals surface area contributed by atoms with Crippen LogP contribution in [-0.4, -0.2) is 19.8 Å². The normalized spacial score (nSPS) is 24.0. The Morgan fingerprint density at radius 3 is 1.33 bits per heavy atom. The topological polar surface area (TPSA) is 65.8 Å². The van der Waals surface area contributed by atoms with E-state index in [2.05, 4.69) is 16.2 Å². The van der Waals surface area contributed by atoms with E-state index in [9.17, 15) is 0 Å². The molecule has 0 atom stereocenters. The Morgan fingerprint density at radius 2 is 1.33 bits per heavy atom. The molecule has 6 heavy (non-hydrogen) atoms. The summed E-state index contributed by atoms with van der Waals surface area (Å²) in [7, 11) is 0. The van der Waals surface area contributed by atoms with Crippen LogP contribution in [0.4, 0.5) is 0 Å². The average molecular weight is 87.1 g/mol. The Kier molecular flexibility index (Phi) is 1.43. The van der Waals surface area contributed by atoms with Gasteiger partial charge < -0.3 is 5.32 Å². The average Bonchev–Trinajstić information content (AvgIpc) is 2.31. The van der Waals surface area contributed by atoms with Crippen molar-refractivity contribution in [3.8, 4) is 0 Å². The lowest BCUT2D eigenvalue weighted by atomic mass is 11.0. The summed E-state index contributed by atoms with van der Waals surface area (Å²) in [5, 5.41) is 3.00.